The molecule has 2 N–H and O–H groups in total. The first-order chi connectivity index (χ1) is 14.1. The van der Waals surface area contributed by atoms with Crippen molar-refractivity contribution in [3.63, 3.8) is 0 Å². The molecule has 1 aliphatic rings. The molecule has 3 atom stereocenters. The summed E-state index contributed by atoms with van der Waals surface area (Å²) < 4.78 is 43.8. The molecule has 7 heteroatoms. The summed E-state index contributed by atoms with van der Waals surface area (Å²) in [5.41, 5.74) is 6.55. The minimum absolute atomic E-state index is 0.103. The molecule has 0 radical (unpaired) electrons. The number of likely N-dealkylation sites (N-methyl/N-ethyl adjacent to an activating group) is 1. The molecule has 162 valence electrons. The second-order valence-electron chi connectivity index (χ2n) is 7.63. The van der Waals surface area contributed by atoms with E-state index in [9.17, 15) is 13.2 Å². The second kappa shape index (κ2) is 8.45. The lowest BCUT2D eigenvalue weighted by Crippen LogP contribution is -2.59. The van der Waals surface area contributed by atoms with E-state index in [0.717, 1.165) is 5.56 Å². The zero-order valence-electron chi connectivity index (χ0n) is 16.9. The zero-order chi connectivity index (χ0) is 22.2. The molecule has 0 fully saturated rings. The van der Waals surface area contributed by atoms with E-state index >= 15 is 0 Å². The van der Waals surface area contributed by atoms with Crippen molar-refractivity contribution < 1.29 is 13.2 Å². The predicted octanol–water partition coefficient (Wildman–Crippen LogP) is 6.45. The van der Waals surface area contributed by atoms with Gasteiger partial charge in [-0.05, 0) is 42.4 Å². The van der Waals surface area contributed by atoms with Crippen LogP contribution in [0.2, 0.25) is 5.02 Å². The van der Waals surface area contributed by atoms with Crippen LogP contribution in [0.3, 0.4) is 0 Å². The highest BCUT2D eigenvalue weighted by molar-refractivity contribution is 6.30. The van der Waals surface area contributed by atoms with Crippen LogP contribution in [-0.4, -0.2) is 29.0 Å². The van der Waals surface area contributed by atoms with Gasteiger partial charge in [0.2, 0.25) is 0 Å². The molecule has 1 aliphatic carbocycles. The van der Waals surface area contributed by atoms with Gasteiger partial charge in [-0.3, -0.25) is 4.90 Å². The number of allylic oxidation sites excluding steroid dienone is 1. The maximum atomic E-state index is 14.6. The lowest BCUT2D eigenvalue weighted by atomic mass is 9.66. The summed E-state index contributed by atoms with van der Waals surface area (Å²) in [6, 6.07) is 15.4. The molecule has 0 bridgehead atoms. The highest BCUT2D eigenvalue weighted by Crippen LogP contribution is 2.58. The minimum atomic E-state index is -4.69. The molecule has 0 spiro atoms. The van der Waals surface area contributed by atoms with E-state index in [2.05, 4.69) is 0 Å². The quantitative estimate of drug-likeness (QED) is 0.523. The van der Waals surface area contributed by atoms with Gasteiger partial charge in [0.1, 0.15) is 0 Å². The van der Waals surface area contributed by atoms with Crippen molar-refractivity contribution in [2.45, 2.75) is 42.8 Å². The Hall–Kier alpha value is -1.69. The van der Waals surface area contributed by atoms with Crippen LogP contribution in [0.4, 0.5) is 13.2 Å². The van der Waals surface area contributed by atoms with Gasteiger partial charge in [0.25, 0.3) is 0 Å². The van der Waals surface area contributed by atoms with Crippen LogP contribution in [0.1, 0.15) is 37.3 Å². The summed E-state index contributed by atoms with van der Waals surface area (Å²) >= 11 is 12.5. The largest absolute Gasteiger partial charge is 0.408 e. The van der Waals surface area contributed by atoms with E-state index in [0.29, 0.717) is 23.7 Å². The van der Waals surface area contributed by atoms with Crippen LogP contribution in [0.5, 0.6) is 0 Å². The number of rotatable bonds is 5. The first kappa shape index (κ1) is 23.0. The Morgan fingerprint density at radius 1 is 1.03 bits per heavy atom. The average molecular weight is 457 g/mol. The van der Waals surface area contributed by atoms with Crippen molar-refractivity contribution in [2.75, 3.05) is 13.1 Å². The SMILES string of the molecule is CCN(CC)C1(c2ccccc2)C=C(N)C(c2ccc(Cl)cc2)C(Cl)(C(F)(F)F)C1. The fourth-order valence-corrected chi connectivity index (χ4v) is 5.21. The fourth-order valence-electron chi connectivity index (χ4n) is 4.63. The van der Waals surface area contributed by atoms with Crippen LogP contribution in [-0.2, 0) is 5.54 Å². The first-order valence-electron chi connectivity index (χ1n) is 9.89. The number of alkyl halides is 4. The van der Waals surface area contributed by atoms with Gasteiger partial charge in [0, 0.05) is 17.1 Å². The van der Waals surface area contributed by atoms with Crippen molar-refractivity contribution in [1.29, 1.82) is 0 Å². The summed E-state index contributed by atoms with van der Waals surface area (Å²) in [4.78, 5) is -0.603. The third-order valence-electron chi connectivity index (χ3n) is 6.00. The van der Waals surface area contributed by atoms with Crippen molar-refractivity contribution in [1.82, 2.24) is 4.90 Å². The molecule has 0 heterocycles. The number of nitrogens with two attached hydrogens (primary N) is 1. The van der Waals surface area contributed by atoms with Gasteiger partial charge >= 0.3 is 6.18 Å². The van der Waals surface area contributed by atoms with Gasteiger partial charge < -0.3 is 5.73 Å². The summed E-state index contributed by atoms with van der Waals surface area (Å²) in [7, 11) is 0. The molecule has 0 aliphatic heterocycles. The topological polar surface area (TPSA) is 29.3 Å². The van der Waals surface area contributed by atoms with E-state index in [1.807, 2.05) is 49.1 Å². The molecule has 2 aromatic carbocycles. The second-order valence-corrected chi connectivity index (χ2v) is 8.74. The van der Waals surface area contributed by atoms with E-state index < -0.39 is 22.5 Å². The molecular weight excluding hydrogens is 432 g/mol. The van der Waals surface area contributed by atoms with E-state index in [1.165, 1.54) is 0 Å². The van der Waals surface area contributed by atoms with Gasteiger partial charge in [-0.15, -0.1) is 11.6 Å². The molecule has 2 nitrogen and oxygen atoms in total. The fraction of sp³-hybridized carbons (Fsp3) is 0.391. The summed E-state index contributed by atoms with van der Waals surface area (Å²) in [6.07, 6.45) is -3.28. The standard InChI is InChI=1S/C23H25Cl2F3N2/c1-3-30(4-2)21(17-8-6-5-7-9-17)14-19(29)20(16-10-12-18(24)13-11-16)22(25,15-21)23(26,27)28/h5-14,20H,3-4,15,29H2,1-2H3. The zero-order valence-corrected chi connectivity index (χ0v) is 18.4. The highest BCUT2D eigenvalue weighted by atomic mass is 35.5. The van der Waals surface area contributed by atoms with Gasteiger partial charge in [-0.2, -0.15) is 13.2 Å². The molecule has 0 saturated heterocycles. The van der Waals surface area contributed by atoms with E-state index in [1.54, 1.807) is 30.3 Å². The first-order valence-corrected chi connectivity index (χ1v) is 10.6. The van der Waals surface area contributed by atoms with Crippen molar-refractivity contribution in [3.8, 4) is 0 Å². The Labute approximate surface area is 185 Å². The van der Waals surface area contributed by atoms with Crippen LogP contribution >= 0.6 is 23.2 Å². The molecule has 3 unspecified atom stereocenters. The summed E-state index contributed by atoms with van der Waals surface area (Å²) in [5, 5.41) is 0.436. The van der Waals surface area contributed by atoms with Crippen LogP contribution in [0.25, 0.3) is 0 Å². The Balaban J connectivity index is 2.29. The molecule has 30 heavy (non-hydrogen) atoms. The Kier molecular flexibility index (Phi) is 6.47. The highest BCUT2D eigenvalue weighted by Gasteiger charge is 2.65. The number of halogens is 5. The molecule has 3 rings (SSSR count). The van der Waals surface area contributed by atoms with Crippen LogP contribution in [0.15, 0.2) is 66.4 Å². The van der Waals surface area contributed by atoms with Gasteiger partial charge in [0.05, 0.1) is 11.5 Å². The van der Waals surface area contributed by atoms with Gasteiger partial charge in [-0.25, -0.2) is 0 Å². The lowest BCUT2D eigenvalue weighted by molar-refractivity contribution is -0.176. The Bertz CT molecular complexity index is 895. The van der Waals surface area contributed by atoms with Crippen LogP contribution in [0, 0.1) is 0 Å². The van der Waals surface area contributed by atoms with Gasteiger partial charge in [-0.1, -0.05) is 67.9 Å². The third-order valence-corrected chi connectivity index (χ3v) is 6.82. The number of hydrogen-bond donors (Lipinski definition) is 1. The van der Waals surface area contributed by atoms with Crippen molar-refractivity contribution in [2.24, 2.45) is 5.73 Å². The summed E-state index contributed by atoms with van der Waals surface area (Å²) in [5.74, 6) is -1.22. The molecule has 0 amide bonds. The average Bonchev–Trinajstić information content (AvgIpc) is 2.70. The normalized spacial score (nSPS) is 27.2. The van der Waals surface area contributed by atoms with E-state index in [-0.39, 0.29) is 12.1 Å². The molecule has 0 saturated carbocycles. The maximum absolute atomic E-state index is 14.6. The van der Waals surface area contributed by atoms with Crippen molar-refractivity contribution >= 4 is 23.2 Å². The number of benzene rings is 2. The Morgan fingerprint density at radius 3 is 2.10 bits per heavy atom. The van der Waals surface area contributed by atoms with Crippen LogP contribution < -0.4 is 5.73 Å². The molecule has 0 aromatic heterocycles. The monoisotopic (exact) mass is 456 g/mol. The number of hydrogen-bond acceptors (Lipinski definition) is 2. The van der Waals surface area contributed by atoms with Crippen molar-refractivity contribution in [3.05, 3.63) is 82.5 Å². The minimum Gasteiger partial charge on any atom is -0.402 e. The molecular formula is C23H25Cl2F3N2. The van der Waals surface area contributed by atoms with Gasteiger partial charge in [0.15, 0.2) is 4.87 Å². The predicted molar refractivity (Wildman–Crippen MR) is 117 cm³/mol. The molecule has 2 aromatic rings. The maximum Gasteiger partial charge on any atom is 0.408 e. The Morgan fingerprint density at radius 2 is 1.60 bits per heavy atom. The third kappa shape index (κ3) is 3.83. The van der Waals surface area contributed by atoms with E-state index in [4.69, 9.17) is 28.9 Å². The smallest absolute Gasteiger partial charge is 0.402 e. The number of nitrogens with zero attached hydrogens (tertiary/aromatic N) is 1. The lowest BCUT2D eigenvalue weighted by Gasteiger charge is -2.52. The summed E-state index contributed by atoms with van der Waals surface area (Å²) in [6.45, 7) is 4.94.